The van der Waals surface area contributed by atoms with Crippen molar-refractivity contribution in [1.82, 2.24) is 14.6 Å². The minimum atomic E-state index is -3.40. The summed E-state index contributed by atoms with van der Waals surface area (Å²) in [6, 6.07) is 10.4. The van der Waals surface area contributed by atoms with Gasteiger partial charge in [-0.3, -0.25) is 4.79 Å². The molecular formula is C20H23N3O5S. The number of nitrogens with one attached hydrogen (secondary N) is 1. The Kier molecular flexibility index (Phi) is 5.18. The highest BCUT2D eigenvalue weighted by Gasteiger charge is 2.38. The molecule has 0 spiro atoms. The van der Waals surface area contributed by atoms with Gasteiger partial charge in [0, 0.05) is 24.2 Å². The van der Waals surface area contributed by atoms with Crippen molar-refractivity contribution < 1.29 is 22.7 Å². The van der Waals surface area contributed by atoms with Crippen molar-refractivity contribution in [3.05, 3.63) is 47.5 Å². The highest BCUT2D eigenvalue weighted by atomic mass is 32.2. The van der Waals surface area contributed by atoms with Crippen LogP contribution in [0.2, 0.25) is 0 Å². The van der Waals surface area contributed by atoms with E-state index in [-0.39, 0.29) is 24.6 Å². The first-order valence-electron chi connectivity index (χ1n) is 9.42. The van der Waals surface area contributed by atoms with E-state index in [1.807, 2.05) is 37.3 Å². The average molecular weight is 417 g/mol. The van der Waals surface area contributed by atoms with Crippen LogP contribution in [-0.2, 0) is 21.2 Å². The van der Waals surface area contributed by atoms with Crippen LogP contribution in [0.4, 0.5) is 0 Å². The van der Waals surface area contributed by atoms with E-state index in [0.717, 1.165) is 17.4 Å². The molecule has 4 bridgehead atoms. The van der Waals surface area contributed by atoms with Gasteiger partial charge < -0.3 is 14.4 Å². The number of aromatic nitrogens is 1. The van der Waals surface area contributed by atoms with E-state index in [4.69, 9.17) is 9.47 Å². The van der Waals surface area contributed by atoms with Gasteiger partial charge in [-0.2, -0.15) is 4.98 Å². The van der Waals surface area contributed by atoms with Gasteiger partial charge in [0.15, 0.2) is 6.61 Å². The molecule has 2 aliphatic heterocycles. The van der Waals surface area contributed by atoms with Crippen molar-refractivity contribution in [2.45, 2.75) is 31.8 Å². The van der Waals surface area contributed by atoms with E-state index in [9.17, 15) is 13.2 Å². The van der Waals surface area contributed by atoms with Crippen molar-refractivity contribution in [2.24, 2.45) is 0 Å². The Hall–Kier alpha value is -2.65. The highest BCUT2D eigenvalue weighted by molar-refractivity contribution is 7.88. The summed E-state index contributed by atoms with van der Waals surface area (Å²) in [5.41, 5.74) is 1.79. The van der Waals surface area contributed by atoms with Gasteiger partial charge >= 0.3 is 0 Å². The van der Waals surface area contributed by atoms with Gasteiger partial charge in [0.1, 0.15) is 5.75 Å². The summed E-state index contributed by atoms with van der Waals surface area (Å²) in [6.45, 7) is 2.18. The Bertz CT molecular complexity index is 1040. The molecule has 1 amide bonds. The van der Waals surface area contributed by atoms with Gasteiger partial charge in [-0.1, -0.05) is 12.1 Å². The number of carbonyl (C=O) groups excluding carboxylic acids is 1. The standard InChI is InChI=1S/C20H23N3O5S/c1-13-6-7-18-21-20(13)28-15-5-3-4-14(10-15)11-17-16(22-29(2,25)26)8-9-23(17)19(24)12-27-18/h3-7,10,16-17,22H,8-9,11-12H2,1-2H3/t16-,17-/m0/s1. The second-order valence-corrected chi connectivity index (χ2v) is 9.23. The first kappa shape index (κ1) is 19.7. The summed E-state index contributed by atoms with van der Waals surface area (Å²) in [6.07, 6.45) is 2.18. The fourth-order valence-corrected chi connectivity index (χ4v) is 4.64. The third-order valence-electron chi connectivity index (χ3n) is 5.16. The van der Waals surface area contributed by atoms with Crippen LogP contribution in [0.3, 0.4) is 0 Å². The number of hydrogen-bond acceptors (Lipinski definition) is 6. The lowest BCUT2D eigenvalue weighted by atomic mass is 10.0. The molecule has 2 aliphatic rings. The van der Waals surface area contributed by atoms with E-state index < -0.39 is 10.0 Å². The van der Waals surface area contributed by atoms with Crippen LogP contribution in [0.25, 0.3) is 0 Å². The maximum atomic E-state index is 12.9. The predicted molar refractivity (Wildman–Crippen MR) is 107 cm³/mol. The topological polar surface area (TPSA) is 97.8 Å². The number of fused-ring (bicyclic) bond motifs is 5. The Labute approximate surface area is 169 Å². The second-order valence-electron chi connectivity index (χ2n) is 7.45. The number of aryl methyl sites for hydroxylation is 1. The van der Waals surface area contributed by atoms with Crippen molar-refractivity contribution in [3.8, 4) is 17.5 Å². The molecule has 0 aliphatic carbocycles. The van der Waals surface area contributed by atoms with Crippen LogP contribution in [0.5, 0.6) is 17.5 Å². The molecule has 1 aromatic carbocycles. The molecule has 0 radical (unpaired) electrons. The third-order valence-corrected chi connectivity index (χ3v) is 5.89. The number of rotatable bonds is 2. The zero-order valence-electron chi connectivity index (χ0n) is 16.3. The van der Waals surface area contributed by atoms with E-state index in [0.29, 0.717) is 36.9 Å². The molecule has 9 heteroatoms. The lowest BCUT2D eigenvalue weighted by Crippen LogP contribution is -2.48. The molecule has 0 saturated carbocycles. The molecule has 154 valence electrons. The van der Waals surface area contributed by atoms with Gasteiger partial charge in [0.2, 0.25) is 21.8 Å². The smallest absolute Gasteiger partial charge is 0.260 e. The maximum absolute atomic E-state index is 12.9. The first-order chi connectivity index (χ1) is 13.8. The predicted octanol–water partition coefficient (Wildman–Crippen LogP) is 1.64. The number of pyridine rings is 1. The van der Waals surface area contributed by atoms with Crippen LogP contribution >= 0.6 is 0 Å². The second kappa shape index (κ2) is 7.64. The fourth-order valence-electron chi connectivity index (χ4n) is 3.81. The van der Waals surface area contributed by atoms with Crippen LogP contribution in [-0.4, -0.2) is 55.7 Å². The molecule has 1 N–H and O–H groups in total. The molecular weight excluding hydrogens is 394 g/mol. The summed E-state index contributed by atoms with van der Waals surface area (Å²) >= 11 is 0. The SMILES string of the molecule is Cc1ccc2nc1Oc1cccc(c1)C[C@H]1[C@@H](NS(C)(=O)=O)CCN1C(=O)CO2. The molecule has 1 fully saturated rings. The quantitative estimate of drug-likeness (QED) is 0.798. The maximum Gasteiger partial charge on any atom is 0.260 e. The summed E-state index contributed by atoms with van der Waals surface area (Å²) in [5.74, 6) is 1.14. The molecule has 2 atom stereocenters. The van der Waals surface area contributed by atoms with E-state index in [1.165, 1.54) is 0 Å². The third kappa shape index (κ3) is 4.51. The normalized spacial score (nSPS) is 21.9. The molecule has 8 nitrogen and oxygen atoms in total. The average Bonchev–Trinajstić information content (AvgIpc) is 3.02. The summed E-state index contributed by atoms with van der Waals surface area (Å²) in [4.78, 5) is 18.9. The monoisotopic (exact) mass is 417 g/mol. The van der Waals surface area contributed by atoms with E-state index in [2.05, 4.69) is 9.71 Å². The molecule has 2 aromatic rings. The summed E-state index contributed by atoms with van der Waals surface area (Å²) in [7, 11) is -3.40. The number of nitrogens with zero attached hydrogens (tertiary/aromatic N) is 2. The minimum Gasteiger partial charge on any atom is -0.467 e. The Morgan fingerprint density at radius 1 is 1.24 bits per heavy atom. The highest BCUT2D eigenvalue weighted by Crippen LogP contribution is 2.29. The van der Waals surface area contributed by atoms with Crippen molar-refractivity contribution in [1.29, 1.82) is 0 Å². The molecule has 4 rings (SSSR count). The van der Waals surface area contributed by atoms with Gasteiger partial charge in [0.25, 0.3) is 5.91 Å². The number of carbonyl (C=O) groups is 1. The lowest BCUT2D eigenvalue weighted by Gasteiger charge is -2.28. The number of ether oxygens (including phenoxy) is 2. The minimum absolute atomic E-state index is 0.171. The van der Waals surface area contributed by atoms with E-state index in [1.54, 1.807) is 11.0 Å². The van der Waals surface area contributed by atoms with Crippen molar-refractivity contribution in [3.63, 3.8) is 0 Å². The van der Waals surface area contributed by atoms with Crippen LogP contribution < -0.4 is 14.2 Å². The zero-order valence-corrected chi connectivity index (χ0v) is 17.1. The molecule has 0 unspecified atom stereocenters. The first-order valence-corrected chi connectivity index (χ1v) is 11.3. The molecule has 3 heterocycles. The summed E-state index contributed by atoms with van der Waals surface area (Å²) in [5, 5.41) is 0. The van der Waals surface area contributed by atoms with Gasteiger partial charge in [-0.25, -0.2) is 13.1 Å². The van der Waals surface area contributed by atoms with E-state index >= 15 is 0 Å². The largest absolute Gasteiger partial charge is 0.467 e. The van der Waals surface area contributed by atoms with Crippen LogP contribution in [0.15, 0.2) is 36.4 Å². The summed E-state index contributed by atoms with van der Waals surface area (Å²) < 4.78 is 37.9. The van der Waals surface area contributed by atoms with Crippen molar-refractivity contribution >= 4 is 15.9 Å². The van der Waals surface area contributed by atoms with Crippen LogP contribution in [0, 0.1) is 6.92 Å². The number of benzene rings is 1. The Balaban J connectivity index is 1.72. The van der Waals surface area contributed by atoms with Gasteiger partial charge in [0.05, 0.1) is 12.3 Å². The van der Waals surface area contributed by atoms with Crippen LogP contribution in [0.1, 0.15) is 17.5 Å². The zero-order chi connectivity index (χ0) is 20.6. The van der Waals surface area contributed by atoms with Crippen molar-refractivity contribution in [2.75, 3.05) is 19.4 Å². The molecule has 29 heavy (non-hydrogen) atoms. The lowest BCUT2D eigenvalue weighted by molar-refractivity contribution is -0.134. The Morgan fingerprint density at radius 3 is 2.86 bits per heavy atom. The molecule has 1 aromatic heterocycles. The number of sulfonamides is 1. The molecule has 1 saturated heterocycles. The van der Waals surface area contributed by atoms with Gasteiger partial charge in [-0.05, 0) is 43.5 Å². The van der Waals surface area contributed by atoms with Gasteiger partial charge in [-0.15, -0.1) is 0 Å². The fraction of sp³-hybridized carbons (Fsp3) is 0.400. The number of amides is 1. The number of hydrogen-bond donors (Lipinski definition) is 1. The Morgan fingerprint density at radius 2 is 2.07 bits per heavy atom.